The lowest BCUT2D eigenvalue weighted by atomic mass is 10.1. The second kappa shape index (κ2) is 9.61. The van der Waals surface area contributed by atoms with Gasteiger partial charge in [-0.05, 0) is 26.2 Å². The third kappa shape index (κ3) is 7.80. The van der Waals surface area contributed by atoms with Gasteiger partial charge in [-0.1, -0.05) is 6.92 Å². The Labute approximate surface area is 134 Å². The van der Waals surface area contributed by atoms with E-state index in [9.17, 15) is 0 Å². The number of hydrogen-bond donors (Lipinski definition) is 0. The van der Waals surface area contributed by atoms with Crippen LogP contribution in [-0.2, 0) is 0 Å². The van der Waals surface area contributed by atoms with Gasteiger partial charge in [0.2, 0.25) is 0 Å². The first-order chi connectivity index (χ1) is 7.79. The van der Waals surface area contributed by atoms with E-state index in [2.05, 4.69) is 0 Å². The van der Waals surface area contributed by atoms with Crippen molar-refractivity contribution < 1.29 is 0 Å². The normalized spacial score (nSPS) is 22.6. The van der Waals surface area contributed by atoms with Crippen LogP contribution in [0.15, 0.2) is 0 Å². The summed E-state index contributed by atoms with van der Waals surface area (Å²) in [5.74, 6) is 0. The van der Waals surface area contributed by atoms with Crippen LogP contribution in [0.3, 0.4) is 0 Å². The third-order valence-corrected chi connectivity index (χ3v) is 5.88. The quantitative estimate of drug-likeness (QED) is 0.476. The highest BCUT2D eigenvalue weighted by atomic mass is 35.5. The minimum atomic E-state index is -0.248. The van der Waals surface area contributed by atoms with Crippen molar-refractivity contribution in [1.82, 2.24) is 0 Å². The Bertz CT molecular complexity index is 198. The van der Waals surface area contributed by atoms with Crippen LogP contribution in [0, 0.1) is 0 Å². The maximum Gasteiger partial charge on any atom is 0.0514 e. The lowest BCUT2D eigenvalue weighted by Gasteiger charge is -2.23. The fraction of sp³-hybridized carbons (Fsp3) is 1.00. The Kier molecular flexibility index (Phi) is 10.6. The fourth-order valence-corrected chi connectivity index (χ4v) is 2.86. The van der Waals surface area contributed by atoms with Gasteiger partial charge in [-0.25, -0.2) is 0 Å². The Balaban J connectivity index is 4.08. The van der Waals surface area contributed by atoms with Gasteiger partial charge in [0.15, 0.2) is 0 Å². The van der Waals surface area contributed by atoms with Crippen LogP contribution in [0.5, 0.6) is 0 Å². The molecule has 0 aliphatic carbocycles. The number of halogens is 6. The minimum Gasteiger partial charge on any atom is -0.122 e. The van der Waals surface area contributed by atoms with Crippen LogP contribution < -0.4 is 0 Å². The summed E-state index contributed by atoms with van der Waals surface area (Å²) in [4.78, 5) is 0. The van der Waals surface area contributed by atoms with Crippen LogP contribution in [0.25, 0.3) is 0 Å². The molecule has 0 amide bonds. The Hall–Kier alpha value is 1.74. The highest BCUT2D eigenvalue weighted by Gasteiger charge is 2.26. The zero-order valence-electron chi connectivity index (χ0n) is 9.85. The molecule has 0 rings (SSSR count). The van der Waals surface area contributed by atoms with E-state index in [1.54, 1.807) is 0 Å². The van der Waals surface area contributed by atoms with Gasteiger partial charge in [0, 0.05) is 10.8 Å². The molecule has 0 heterocycles. The Morgan fingerprint density at radius 3 is 1.35 bits per heavy atom. The average Bonchev–Trinajstić information content (AvgIpc) is 2.27. The summed E-state index contributed by atoms with van der Waals surface area (Å²) in [6.45, 7) is 3.82. The van der Waals surface area contributed by atoms with Gasteiger partial charge in [-0.2, -0.15) is 0 Å². The van der Waals surface area contributed by atoms with Crippen molar-refractivity contribution in [3.63, 3.8) is 0 Å². The lowest BCUT2D eigenvalue weighted by molar-refractivity contribution is 0.597. The molecule has 104 valence electrons. The highest BCUT2D eigenvalue weighted by molar-refractivity contribution is 6.33. The van der Waals surface area contributed by atoms with E-state index in [4.69, 9.17) is 69.6 Å². The molecular weight excluding hydrogens is 345 g/mol. The SMILES string of the molecule is CCC(Cl)C(Cl)CC(Cl)C(Cl)CC(Cl)C(C)Cl. The molecule has 0 saturated carbocycles. The van der Waals surface area contributed by atoms with Gasteiger partial charge < -0.3 is 0 Å². The molecule has 0 aliphatic rings. The van der Waals surface area contributed by atoms with Gasteiger partial charge >= 0.3 is 0 Å². The van der Waals surface area contributed by atoms with Crippen molar-refractivity contribution in [3.8, 4) is 0 Å². The molecule has 0 N–H and O–H groups in total. The Morgan fingerprint density at radius 2 is 1.00 bits per heavy atom. The van der Waals surface area contributed by atoms with Crippen molar-refractivity contribution in [2.45, 2.75) is 65.4 Å². The predicted molar refractivity (Wildman–Crippen MR) is 83.0 cm³/mol. The smallest absolute Gasteiger partial charge is 0.0514 e. The van der Waals surface area contributed by atoms with E-state index in [0.29, 0.717) is 12.8 Å². The molecule has 6 atom stereocenters. The highest BCUT2D eigenvalue weighted by Crippen LogP contribution is 2.28. The first-order valence-corrected chi connectivity index (χ1v) is 8.25. The summed E-state index contributed by atoms with van der Waals surface area (Å²) in [7, 11) is 0. The zero-order chi connectivity index (χ0) is 13.6. The third-order valence-electron chi connectivity index (χ3n) is 2.57. The van der Waals surface area contributed by atoms with Gasteiger partial charge in [-0.3, -0.25) is 0 Å². The van der Waals surface area contributed by atoms with Gasteiger partial charge in [0.05, 0.1) is 21.5 Å². The number of alkyl halides is 6. The van der Waals surface area contributed by atoms with E-state index in [1.807, 2.05) is 13.8 Å². The van der Waals surface area contributed by atoms with Crippen molar-refractivity contribution >= 4 is 69.6 Å². The second-order valence-electron chi connectivity index (χ2n) is 4.14. The molecule has 0 spiro atoms. The monoisotopic (exact) mass is 360 g/mol. The molecule has 0 nitrogen and oxygen atoms in total. The molecule has 0 aromatic carbocycles. The van der Waals surface area contributed by atoms with Crippen molar-refractivity contribution in [3.05, 3.63) is 0 Å². The topological polar surface area (TPSA) is 0 Å². The van der Waals surface area contributed by atoms with E-state index in [-0.39, 0.29) is 32.3 Å². The largest absolute Gasteiger partial charge is 0.122 e. The first kappa shape index (κ1) is 18.7. The van der Waals surface area contributed by atoms with Crippen LogP contribution >= 0.6 is 69.6 Å². The minimum absolute atomic E-state index is 0.0828. The van der Waals surface area contributed by atoms with Crippen LogP contribution in [0.4, 0.5) is 0 Å². The molecule has 0 fully saturated rings. The van der Waals surface area contributed by atoms with Crippen molar-refractivity contribution in [2.75, 3.05) is 0 Å². The van der Waals surface area contributed by atoms with Crippen LogP contribution in [-0.4, -0.2) is 32.3 Å². The summed E-state index contributed by atoms with van der Waals surface area (Å²) in [5.41, 5.74) is 0. The molecule has 6 unspecified atom stereocenters. The predicted octanol–water partition coefficient (Wildman–Crippen LogP) is 5.84. The van der Waals surface area contributed by atoms with Gasteiger partial charge in [0.1, 0.15) is 0 Å². The van der Waals surface area contributed by atoms with E-state index in [0.717, 1.165) is 6.42 Å². The summed E-state index contributed by atoms with van der Waals surface area (Å²) >= 11 is 36.5. The van der Waals surface area contributed by atoms with Gasteiger partial charge in [0.25, 0.3) is 0 Å². The molecule has 0 aromatic heterocycles. The van der Waals surface area contributed by atoms with Crippen LogP contribution in [0.2, 0.25) is 0 Å². The van der Waals surface area contributed by atoms with E-state index in [1.165, 1.54) is 0 Å². The molecule has 0 aromatic rings. The van der Waals surface area contributed by atoms with Gasteiger partial charge in [-0.15, -0.1) is 69.6 Å². The summed E-state index contributed by atoms with van der Waals surface area (Å²) in [6.07, 6.45) is 1.94. The molecule has 17 heavy (non-hydrogen) atoms. The standard InChI is InChI=1S/C11H18Cl6/c1-3-7(13)9(15)5-11(17)10(16)4-8(14)6(2)12/h6-11H,3-5H2,1-2H3. The zero-order valence-corrected chi connectivity index (χ0v) is 14.4. The summed E-state index contributed by atoms with van der Waals surface area (Å²) < 4.78 is 0. The first-order valence-electron chi connectivity index (χ1n) is 5.64. The number of hydrogen-bond acceptors (Lipinski definition) is 0. The molecule has 0 radical (unpaired) electrons. The number of rotatable bonds is 8. The van der Waals surface area contributed by atoms with Crippen molar-refractivity contribution in [2.24, 2.45) is 0 Å². The maximum absolute atomic E-state index is 6.20. The average molecular weight is 363 g/mol. The summed E-state index contributed by atoms with van der Waals surface area (Å²) in [5, 5.41) is -1.07. The Morgan fingerprint density at radius 1 is 0.647 bits per heavy atom. The molecular formula is C11H18Cl6. The molecule has 0 saturated heterocycles. The van der Waals surface area contributed by atoms with E-state index < -0.39 is 0 Å². The molecule has 6 heteroatoms. The molecule has 0 aliphatic heterocycles. The second-order valence-corrected chi connectivity index (χ2v) is 7.63. The fourth-order valence-electron chi connectivity index (χ4n) is 1.32. The molecule has 0 bridgehead atoms. The maximum atomic E-state index is 6.20. The van der Waals surface area contributed by atoms with E-state index >= 15 is 0 Å². The van der Waals surface area contributed by atoms with Crippen LogP contribution in [0.1, 0.15) is 33.1 Å². The summed E-state index contributed by atoms with van der Waals surface area (Å²) in [6, 6.07) is 0. The lowest BCUT2D eigenvalue weighted by Crippen LogP contribution is -2.27. The van der Waals surface area contributed by atoms with Crippen molar-refractivity contribution in [1.29, 1.82) is 0 Å².